The molecule has 66 heavy (non-hydrogen) atoms. The van der Waals surface area contributed by atoms with Gasteiger partial charge in [0.05, 0.1) is 39.6 Å². The van der Waals surface area contributed by atoms with Gasteiger partial charge in [0, 0.05) is 0 Å². The van der Waals surface area contributed by atoms with Crippen LogP contribution in [-0.2, 0) is 56.8 Å². The van der Waals surface area contributed by atoms with Gasteiger partial charge in [-0.1, -0.05) is 0 Å². The van der Waals surface area contributed by atoms with Crippen molar-refractivity contribution in [1.82, 2.24) is 0 Å². The molecule has 0 aromatic rings. The Morgan fingerprint density at radius 3 is 0.409 bits per heavy atom. The monoisotopic (exact) mass is 972 g/mol. The molecule has 22 rings (SSSR count). The van der Waals surface area contributed by atoms with Crippen LogP contribution < -0.4 is 0 Å². The van der Waals surface area contributed by atoms with E-state index in [-0.39, 0.29) is 0 Å². The van der Waals surface area contributed by atoms with Gasteiger partial charge in [-0.3, -0.25) is 0 Å². The van der Waals surface area contributed by atoms with E-state index in [4.69, 9.17) is 56.8 Å². The molecular weight excluding hydrogens is 912 g/mol. The maximum Gasteiger partial charge on any atom is 0.187 e. The second kappa shape index (κ2) is 22.1. The van der Waals surface area contributed by atoms with Crippen molar-refractivity contribution in [1.29, 1.82) is 0 Å². The Hall–Kier alpha value is -1.20. The van der Waals surface area contributed by atoms with Crippen molar-refractivity contribution < 1.29 is 149 Å². The lowest BCUT2D eigenvalue weighted by atomic mass is 9.94. The van der Waals surface area contributed by atoms with Gasteiger partial charge in [0.2, 0.25) is 0 Å². The van der Waals surface area contributed by atoms with Gasteiger partial charge in [-0.25, -0.2) is 0 Å². The molecule has 0 aromatic heterocycles. The van der Waals surface area contributed by atoms with Gasteiger partial charge in [-0.15, -0.1) is 0 Å². The largest absolute Gasteiger partial charge is 0.394 e. The van der Waals surface area contributed by atoms with Crippen LogP contribution in [0.3, 0.4) is 0 Å². The predicted molar refractivity (Wildman–Crippen MR) is 196 cm³/mol. The van der Waals surface area contributed by atoms with Crippen LogP contribution in [0.4, 0.5) is 0 Å². The zero-order valence-corrected chi connectivity index (χ0v) is 34.5. The summed E-state index contributed by atoms with van der Waals surface area (Å²) in [5.41, 5.74) is 0. The fourth-order valence-corrected chi connectivity index (χ4v) is 8.93. The van der Waals surface area contributed by atoms with Gasteiger partial charge < -0.3 is 149 Å². The average Bonchev–Trinajstić information content (AvgIpc) is 3.31. The fourth-order valence-electron chi connectivity index (χ4n) is 8.93. The smallest absolute Gasteiger partial charge is 0.187 e. The molecule has 0 amide bonds. The van der Waals surface area contributed by atoms with E-state index < -0.39 is 224 Å². The number of hydrogen-bond acceptors (Lipinski definition) is 30. The Morgan fingerprint density at radius 1 is 0.182 bits per heavy atom. The molecule has 22 aliphatic rings. The van der Waals surface area contributed by atoms with Crippen LogP contribution >= 0.6 is 0 Å². The predicted octanol–water partition coefficient (Wildman–Crippen LogP) is -13.1. The molecule has 22 fully saturated rings. The Kier molecular flexibility index (Phi) is 17.6. The third-order valence-corrected chi connectivity index (χ3v) is 12.7. The first kappa shape index (κ1) is 52.6. The summed E-state index contributed by atoms with van der Waals surface area (Å²) in [6.45, 7) is -5.99. The number of aliphatic hydroxyl groups excluding tert-OH is 18. The van der Waals surface area contributed by atoms with Crippen molar-refractivity contribution in [2.75, 3.05) is 39.6 Å². The Labute approximate surface area is 372 Å². The van der Waals surface area contributed by atoms with Gasteiger partial charge >= 0.3 is 0 Å². The topological polar surface area (TPSA) is 475 Å². The minimum absolute atomic E-state index is 0.999. The SMILES string of the molecule is OC[C@H]1OC2OC3[C@@H](CO)OC(O[C@H]4[C@H](O)[C@@H](O)C(O[C@H]5[C@H](O)[C@@H](O)C(O[C@H]6[C@H](O)[C@@H](O)C(O[C@H]7[C@H](O)[C@@H](O)C(OC1[C@H](O)[C@H]2O)O[C@@H]7CO)O[C@@H]6CO)O[C@@H]5CO)O[C@@H]4CO)[C@H](O)[C@H]3O. The minimum Gasteiger partial charge on any atom is -0.394 e. The molecule has 30 heteroatoms. The standard InChI is InChI=1S/C36H60O30/c37-1-7-25-13(43)19(49)31(55-7)62-26-8(2-38)57-33(21(51)15(26)45)64-28-10(4-40)59-35(23(53)17(28)47)66-30-12(6-42)60-36(24(54)18(30)48)65-29-11(5-41)58-34(22(52)16(29)46)63-27-9(3-39)56-32(61-25)20(50)14(27)44/h7-54H,1-6H2/t7-,8-,9-,10-,11-,12-,13-,14-,15-,16-,17-,18-,19-,20-,21-,22-,23-,24-,25-,26-,27-,28-,29?,30?,31?,32?,33?,34?,35?,36?/m1/s1. The Bertz CT molecular complexity index is 1230. The zero-order valence-electron chi connectivity index (χ0n) is 34.5. The summed E-state index contributed by atoms with van der Waals surface area (Å²) in [5.74, 6) is 0. The van der Waals surface area contributed by atoms with Crippen LogP contribution in [0, 0.1) is 0 Å². The van der Waals surface area contributed by atoms with E-state index in [9.17, 15) is 91.9 Å². The van der Waals surface area contributed by atoms with E-state index >= 15 is 0 Å². The first-order valence-corrected chi connectivity index (χ1v) is 21.1. The van der Waals surface area contributed by atoms with Crippen LogP contribution in [0.15, 0.2) is 0 Å². The summed E-state index contributed by atoms with van der Waals surface area (Å²) in [5, 5.41) is 196. The minimum atomic E-state index is -2.15. The molecule has 22 aliphatic heterocycles. The highest BCUT2D eigenvalue weighted by Crippen LogP contribution is 2.38. The Balaban J connectivity index is 1.19. The Morgan fingerprint density at radius 2 is 0.303 bits per heavy atom. The van der Waals surface area contributed by atoms with E-state index in [0.29, 0.717) is 0 Å². The molecule has 30 atom stereocenters. The highest BCUT2D eigenvalue weighted by Gasteiger charge is 2.58. The van der Waals surface area contributed by atoms with Crippen LogP contribution in [0.25, 0.3) is 0 Å². The van der Waals surface area contributed by atoms with E-state index in [0.717, 1.165) is 0 Å². The van der Waals surface area contributed by atoms with Gasteiger partial charge in [-0.2, -0.15) is 0 Å². The van der Waals surface area contributed by atoms with Crippen molar-refractivity contribution >= 4 is 0 Å². The first-order chi connectivity index (χ1) is 31.4. The van der Waals surface area contributed by atoms with E-state index in [1.807, 2.05) is 0 Å². The number of ether oxygens (including phenoxy) is 12. The third-order valence-electron chi connectivity index (χ3n) is 12.7. The highest BCUT2D eigenvalue weighted by atomic mass is 16.8. The van der Waals surface area contributed by atoms with E-state index in [1.54, 1.807) is 0 Å². The van der Waals surface area contributed by atoms with Gasteiger partial charge in [0.1, 0.15) is 146 Å². The summed E-state index contributed by atoms with van der Waals surface area (Å²) in [6.07, 6.45) is -58.5. The lowest BCUT2D eigenvalue weighted by Gasteiger charge is -2.50. The lowest BCUT2D eigenvalue weighted by molar-refractivity contribution is -0.404. The maximum atomic E-state index is 11.2. The summed E-state index contributed by atoms with van der Waals surface area (Å²) in [7, 11) is 0. The van der Waals surface area contributed by atoms with Gasteiger partial charge in [0.15, 0.2) is 37.7 Å². The molecule has 0 radical (unpaired) electrons. The average molecular weight is 973 g/mol. The normalized spacial score (nSPS) is 55.4. The molecule has 22 heterocycles. The molecule has 0 aliphatic carbocycles. The summed E-state index contributed by atoms with van der Waals surface area (Å²) in [6, 6.07) is 0. The van der Waals surface area contributed by atoms with Gasteiger partial charge in [-0.05, 0) is 0 Å². The number of rotatable bonds is 6. The molecule has 18 N–H and O–H groups in total. The number of aliphatic hydroxyl groups is 18. The molecule has 0 spiro atoms. The molecule has 30 nitrogen and oxygen atoms in total. The van der Waals surface area contributed by atoms with Crippen LogP contribution in [0.2, 0.25) is 0 Å². The molecule has 0 aromatic carbocycles. The lowest BCUT2D eigenvalue weighted by Crippen LogP contribution is -2.69. The fraction of sp³-hybridized carbons (Fsp3) is 1.00. The molecule has 8 unspecified atom stereocenters. The van der Waals surface area contributed by atoms with Crippen molar-refractivity contribution in [3.8, 4) is 0 Å². The zero-order chi connectivity index (χ0) is 48.0. The highest BCUT2D eigenvalue weighted by molar-refractivity contribution is 5.01. The molecule has 22 saturated heterocycles. The van der Waals surface area contributed by atoms with Crippen molar-refractivity contribution in [2.24, 2.45) is 0 Å². The van der Waals surface area contributed by atoms with Crippen LogP contribution in [0.1, 0.15) is 0 Å². The quantitative estimate of drug-likeness (QED) is 0.117. The van der Waals surface area contributed by atoms with Gasteiger partial charge in [0.25, 0.3) is 0 Å². The molecule has 384 valence electrons. The van der Waals surface area contributed by atoms with Crippen LogP contribution in [-0.4, -0.2) is 316 Å². The summed E-state index contributed by atoms with van der Waals surface area (Å²) >= 11 is 0. The maximum absolute atomic E-state index is 11.2. The summed E-state index contributed by atoms with van der Waals surface area (Å²) in [4.78, 5) is 0. The second-order valence-corrected chi connectivity index (χ2v) is 16.8. The molecule has 12 bridgehead atoms. The number of hydrogen-bond donors (Lipinski definition) is 18. The molecular formula is C36H60O30. The second-order valence-electron chi connectivity index (χ2n) is 16.8. The van der Waals surface area contributed by atoms with Crippen molar-refractivity contribution in [3.63, 3.8) is 0 Å². The van der Waals surface area contributed by atoms with E-state index in [1.165, 1.54) is 0 Å². The van der Waals surface area contributed by atoms with E-state index in [2.05, 4.69) is 0 Å². The first-order valence-electron chi connectivity index (χ1n) is 21.1. The summed E-state index contributed by atoms with van der Waals surface area (Å²) < 4.78 is 67.9. The third kappa shape index (κ3) is 10.0. The molecule has 0 saturated carbocycles. The van der Waals surface area contributed by atoms with Crippen LogP contribution in [0.5, 0.6) is 0 Å². The van der Waals surface area contributed by atoms with Crippen molar-refractivity contribution in [3.05, 3.63) is 0 Å². The van der Waals surface area contributed by atoms with Crippen molar-refractivity contribution in [2.45, 2.75) is 184 Å².